The van der Waals surface area contributed by atoms with E-state index < -0.39 is 29.6 Å². The Bertz CT molecular complexity index is 1250. The second-order valence-corrected chi connectivity index (χ2v) is 8.77. The minimum Gasteiger partial charge on any atom is -0.464 e. The van der Waals surface area contributed by atoms with Crippen molar-refractivity contribution in [2.24, 2.45) is 5.73 Å². The average molecular weight is 502 g/mol. The maximum atomic E-state index is 15.0. The quantitative estimate of drug-likeness (QED) is 0.429. The maximum Gasteiger partial charge on any atom is 0.273 e. The van der Waals surface area contributed by atoms with Crippen LogP contribution in [0.1, 0.15) is 50.6 Å². The fraction of sp³-hybridized carbons (Fsp3) is 0.304. The van der Waals surface area contributed by atoms with E-state index >= 15 is 4.39 Å². The fourth-order valence-electron chi connectivity index (χ4n) is 3.84. The van der Waals surface area contributed by atoms with Gasteiger partial charge in [-0.3, -0.25) is 19.3 Å². The summed E-state index contributed by atoms with van der Waals surface area (Å²) in [7, 11) is 0. The summed E-state index contributed by atoms with van der Waals surface area (Å²) >= 11 is 0.633. The fourth-order valence-corrected chi connectivity index (χ4v) is 4.58. The van der Waals surface area contributed by atoms with Crippen molar-refractivity contribution in [3.05, 3.63) is 64.3 Å². The number of aryl methyl sites for hydroxylation is 1. The molecule has 0 saturated carbocycles. The zero-order chi connectivity index (χ0) is 25.1. The summed E-state index contributed by atoms with van der Waals surface area (Å²) in [4.78, 5) is 39.7. The first-order chi connectivity index (χ1) is 16.8. The second kappa shape index (κ2) is 10.2. The van der Waals surface area contributed by atoms with Crippen molar-refractivity contribution in [3.8, 4) is 0 Å². The first-order valence-corrected chi connectivity index (χ1v) is 11.6. The number of nitrogens with one attached hydrogen (secondary N) is 1. The van der Waals surface area contributed by atoms with Gasteiger partial charge in [0.25, 0.3) is 17.7 Å². The van der Waals surface area contributed by atoms with Crippen LogP contribution in [-0.4, -0.2) is 41.4 Å². The van der Waals surface area contributed by atoms with Gasteiger partial charge in [0.15, 0.2) is 11.7 Å². The third kappa shape index (κ3) is 5.03. The van der Waals surface area contributed by atoms with Gasteiger partial charge in [-0.05, 0) is 55.6 Å². The second-order valence-electron chi connectivity index (χ2n) is 8.00. The number of hydrogen-bond acceptors (Lipinski definition) is 8. The predicted octanol–water partition coefficient (Wildman–Crippen LogP) is 2.55. The van der Waals surface area contributed by atoms with Gasteiger partial charge in [0.1, 0.15) is 22.2 Å². The summed E-state index contributed by atoms with van der Waals surface area (Å²) in [5, 5.41) is 2.79. The number of benzene rings is 1. The molecule has 1 aliphatic rings. The number of amides is 3. The lowest BCUT2D eigenvalue weighted by atomic mass is 10.1. The molecule has 5 N–H and O–H groups in total. The number of nitrogens with zero attached hydrogens (tertiary/aromatic N) is 2. The van der Waals surface area contributed by atoms with Crippen LogP contribution < -0.4 is 21.7 Å². The maximum absolute atomic E-state index is 15.0. The van der Waals surface area contributed by atoms with Gasteiger partial charge in [0.2, 0.25) is 0 Å². The minimum absolute atomic E-state index is 0.113. The standard InChI is InChI=1S/C23H24FN5O5S/c1-12-8-9-16(34-12)19(22(31)27-11-13-5-4-10-33-13)29(15-7-3-2-6-14(15)24)23(32)20-17(25)18(21(26)30)28-35-20/h2-3,6-9,13,19H,4-5,10-11,25H2,1H3,(H2,26,30)(H,27,31). The Kier molecular flexibility index (Phi) is 7.12. The van der Waals surface area contributed by atoms with Crippen LogP contribution in [0.2, 0.25) is 0 Å². The zero-order valence-corrected chi connectivity index (χ0v) is 19.6. The Morgan fingerprint density at radius 3 is 2.66 bits per heavy atom. The van der Waals surface area contributed by atoms with Gasteiger partial charge in [0, 0.05) is 13.2 Å². The molecule has 1 aromatic carbocycles. The van der Waals surface area contributed by atoms with Crippen molar-refractivity contribution in [1.82, 2.24) is 9.69 Å². The summed E-state index contributed by atoms with van der Waals surface area (Å²) in [6.07, 6.45) is 1.51. The first-order valence-electron chi connectivity index (χ1n) is 10.9. The molecule has 1 fully saturated rings. The third-order valence-corrected chi connectivity index (χ3v) is 6.40. The molecular weight excluding hydrogens is 477 g/mol. The van der Waals surface area contributed by atoms with Gasteiger partial charge in [-0.1, -0.05) is 12.1 Å². The number of ether oxygens (including phenoxy) is 1. The molecule has 0 radical (unpaired) electrons. The summed E-state index contributed by atoms with van der Waals surface area (Å²) in [6.45, 7) is 2.50. The highest BCUT2D eigenvalue weighted by Crippen LogP contribution is 2.35. The van der Waals surface area contributed by atoms with Crippen molar-refractivity contribution < 1.29 is 27.9 Å². The number of aromatic nitrogens is 1. The lowest BCUT2D eigenvalue weighted by Crippen LogP contribution is -2.45. The van der Waals surface area contributed by atoms with Crippen molar-refractivity contribution in [2.75, 3.05) is 23.8 Å². The van der Waals surface area contributed by atoms with E-state index in [1.165, 1.54) is 24.3 Å². The molecule has 3 aromatic rings. The number of carbonyl (C=O) groups excluding carboxylic acids is 3. The van der Waals surface area contributed by atoms with Crippen molar-refractivity contribution in [1.29, 1.82) is 0 Å². The number of carbonyl (C=O) groups is 3. The van der Waals surface area contributed by atoms with Gasteiger partial charge in [0.05, 0.1) is 17.5 Å². The van der Waals surface area contributed by atoms with E-state index in [-0.39, 0.29) is 40.4 Å². The van der Waals surface area contributed by atoms with Crippen LogP contribution in [0.15, 0.2) is 40.8 Å². The highest BCUT2D eigenvalue weighted by Gasteiger charge is 2.39. The van der Waals surface area contributed by atoms with E-state index in [2.05, 4.69) is 9.69 Å². The van der Waals surface area contributed by atoms with Crippen LogP contribution in [-0.2, 0) is 9.53 Å². The molecule has 10 nitrogen and oxygen atoms in total. The molecule has 0 spiro atoms. The SMILES string of the molecule is Cc1ccc(C(C(=O)NCC2CCCO2)N(C(=O)c2snc(C(N)=O)c2N)c2ccccc2F)o1. The molecule has 0 aliphatic carbocycles. The zero-order valence-electron chi connectivity index (χ0n) is 18.8. The number of nitrogen functional groups attached to an aromatic ring is 1. The van der Waals surface area contributed by atoms with Crippen LogP contribution >= 0.6 is 11.5 Å². The summed E-state index contributed by atoms with van der Waals surface area (Å²) in [5.41, 5.74) is 10.6. The van der Waals surface area contributed by atoms with E-state index in [0.717, 1.165) is 23.8 Å². The Balaban J connectivity index is 1.80. The van der Waals surface area contributed by atoms with E-state index in [1.807, 2.05) is 0 Å². The van der Waals surface area contributed by atoms with E-state index in [9.17, 15) is 14.4 Å². The van der Waals surface area contributed by atoms with E-state index in [4.69, 9.17) is 20.6 Å². The van der Waals surface area contributed by atoms with Gasteiger partial charge in [-0.25, -0.2) is 4.39 Å². The number of para-hydroxylation sites is 1. The molecule has 2 atom stereocenters. The minimum atomic E-state index is -1.40. The van der Waals surface area contributed by atoms with Crippen molar-refractivity contribution in [3.63, 3.8) is 0 Å². The largest absolute Gasteiger partial charge is 0.464 e. The van der Waals surface area contributed by atoms with Crippen LogP contribution in [0.5, 0.6) is 0 Å². The Labute approximate surface area is 204 Å². The van der Waals surface area contributed by atoms with Gasteiger partial charge < -0.3 is 25.9 Å². The molecule has 3 heterocycles. The number of nitrogens with two attached hydrogens (primary N) is 2. The van der Waals surface area contributed by atoms with E-state index in [0.29, 0.717) is 23.9 Å². The number of furan rings is 1. The molecule has 3 amide bonds. The first kappa shape index (κ1) is 24.4. The monoisotopic (exact) mass is 501 g/mol. The lowest BCUT2D eigenvalue weighted by molar-refractivity contribution is -0.123. The van der Waals surface area contributed by atoms with Crippen molar-refractivity contribution in [2.45, 2.75) is 31.9 Å². The molecule has 1 aliphatic heterocycles. The number of anilines is 2. The topological polar surface area (TPSA) is 154 Å². The van der Waals surface area contributed by atoms with Crippen LogP contribution in [0.4, 0.5) is 15.8 Å². The Morgan fingerprint density at radius 1 is 1.29 bits per heavy atom. The molecule has 35 heavy (non-hydrogen) atoms. The van der Waals surface area contributed by atoms with Crippen molar-refractivity contribution >= 4 is 40.6 Å². The number of rotatable bonds is 8. The Hall–Kier alpha value is -3.77. The average Bonchev–Trinajstić information content (AvgIpc) is 3.57. The number of hydrogen-bond donors (Lipinski definition) is 3. The normalized spacial score (nSPS) is 16.1. The predicted molar refractivity (Wildman–Crippen MR) is 126 cm³/mol. The summed E-state index contributed by atoms with van der Waals surface area (Å²) in [5.74, 6) is -2.51. The van der Waals surface area contributed by atoms with Gasteiger partial charge in [-0.15, -0.1) is 0 Å². The Morgan fingerprint density at radius 2 is 2.06 bits per heavy atom. The molecule has 2 aromatic heterocycles. The molecule has 1 saturated heterocycles. The molecule has 4 rings (SSSR count). The summed E-state index contributed by atoms with van der Waals surface area (Å²) in [6, 6.07) is 7.28. The van der Waals surface area contributed by atoms with Crippen LogP contribution in [0.3, 0.4) is 0 Å². The highest BCUT2D eigenvalue weighted by atomic mass is 32.1. The lowest BCUT2D eigenvalue weighted by Gasteiger charge is -2.30. The third-order valence-electron chi connectivity index (χ3n) is 5.55. The number of halogens is 1. The van der Waals surface area contributed by atoms with Gasteiger partial charge in [-0.2, -0.15) is 4.37 Å². The number of primary amides is 1. The van der Waals surface area contributed by atoms with Crippen LogP contribution in [0, 0.1) is 12.7 Å². The molecule has 184 valence electrons. The van der Waals surface area contributed by atoms with Crippen LogP contribution in [0.25, 0.3) is 0 Å². The molecule has 2 unspecified atom stereocenters. The highest BCUT2D eigenvalue weighted by molar-refractivity contribution is 7.09. The summed E-state index contributed by atoms with van der Waals surface area (Å²) < 4.78 is 30.2. The molecule has 12 heteroatoms. The molecular formula is C23H24FN5O5S. The van der Waals surface area contributed by atoms with Gasteiger partial charge >= 0.3 is 0 Å². The smallest absolute Gasteiger partial charge is 0.273 e. The molecule has 0 bridgehead atoms. The van der Waals surface area contributed by atoms with E-state index in [1.54, 1.807) is 13.0 Å².